The Bertz CT molecular complexity index is 595. The van der Waals surface area contributed by atoms with Gasteiger partial charge in [-0.05, 0) is 49.3 Å². The minimum Gasteiger partial charge on any atom is -0.481 e. The van der Waals surface area contributed by atoms with Crippen molar-refractivity contribution >= 4 is 16.0 Å². The van der Waals surface area contributed by atoms with Gasteiger partial charge in [-0.1, -0.05) is 19.1 Å². The van der Waals surface area contributed by atoms with Crippen molar-refractivity contribution in [2.45, 2.75) is 50.0 Å². The van der Waals surface area contributed by atoms with Gasteiger partial charge in [-0.2, -0.15) is 0 Å². The summed E-state index contributed by atoms with van der Waals surface area (Å²) in [5, 5.41) is 8.63. The molecule has 21 heavy (non-hydrogen) atoms. The number of carbonyl (C=O) groups is 1. The number of aliphatic carboxylic acids is 1. The molecule has 1 aromatic carbocycles. The maximum Gasteiger partial charge on any atom is 0.303 e. The smallest absolute Gasteiger partial charge is 0.303 e. The minimum absolute atomic E-state index is 0.0247. The summed E-state index contributed by atoms with van der Waals surface area (Å²) >= 11 is 0. The molecule has 0 aromatic heterocycles. The Kier molecular flexibility index (Phi) is 5.00. The zero-order chi connectivity index (χ0) is 15.5. The Morgan fingerprint density at radius 2 is 1.95 bits per heavy atom. The first-order valence-corrected chi connectivity index (χ1v) is 8.68. The summed E-state index contributed by atoms with van der Waals surface area (Å²) in [5.41, 5.74) is 0.825. The molecule has 5 nitrogen and oxygen atoms in total. The van der Waals surface area contributed by atoms with E-state index in [4.69, 9.17) is 5.11 Å². The van der Waals surface area contributed by atoms with Gasteiger partial charge in [0.25, 0.3) is 0 Å². The molecular formula is C15H21NO4S. The lowest BCUT2D eigenvalue weighted by Gasteiger charge is -2.13. The molecule has 2 N–H and O–H groups in total. The lowest BCUT2D eigenvalue weighted by Crippen LogP contribution is -2.32. The van der Waals surface area contributed by atoms with Crippen LogP contribution in [-0.4, -0.2) is 25.5 Å². The molecule has 0 spiro atoms. The fraction of sp³-hybridized carbons (Fsp3) is 0.533. The van der Waals surface area contributed by atoms with E-state index in [1.54, 1.807) is 12.1 Å². The van der Waals surface area contributed by atoms with Gasteiger partial charge in [0.15, 0.2) is 0 Å². The molecule has 0 amide bonds. The van der Waals surface area contributed by atoms with Crippen molar-refractivity contribution in [3.8, 4) is 0 Å². The highest BCUT2D eigenvalue weighted by atomic mass is 32.2. The van der Waals surface area contributed by atoms with E-state index >= 15 is 0 Å². The Morgan fingerprint density at radius 1 is 1.29 bits per heavy atom. The van der Waals surface area contributed by atoms with Gasteiger partial charge in [-0.25, -0.2) is 13.1 Å². The Hall–Kier alpha value is -1.40. The van der Waals surface area contributed by atoms with Gasteiger partial charge in [0, 0.05) is 12.5 Å². The summed E-state index contributed by atoms with van der Waals surface area (Å²) in [6.45, 7) is 2.13. The number of rotatable bonds is 6. The third kappa shape index (κ3) is 4.54. The van der Waals surface area contributed by atoms with Gasteiger partial charge in [0.05, 0.1) is 4.90 Å². The van der Waals surface area contributed by atoms with Crippen molar-refractivity contribution in [1.29, 1.82) is 0 Å². The Balaban J connectivity index is 2.01. The van der Waals surface area contributed by atoms with Crippen LogP contribution >= 0.6 is 0 Å². The standard InChI is InChI=1S/C15H21NO4S/c1-11-2-6-13(10-11)16-21(19,20)14-7-3-12(4-8-14)5-9-15(17)18/h3-4,7-8,11,13,16H,2,5-6,9-10H2,1H3,(H,17,18). The zero-order valence-electron chi connectivity index (χ0n) is 12.1. The van der Waals surface area contributed by atoms with Crippen LogP contribution in [0.1, 0.15) is 38.2 Å². The van der Waals surface area contributed by atoms with Crippen LogP contribution < -0.4 is 4.72 Å². The molecule has 0 radical (unpaired) electrons. The number of carboxylic acids is 1. The Morgan fingerprint density at radius 3 is 2.48 bits per heavy atom. The van der Waals surface area contributed by atoms with Gasteiger partial charge in [-0.15, -0.1) is 0 Å². The fourth-order valence-electron chi connectivity index (χ4n) is 2.69. The van der Waals surface area contributed by atoms with E-state index in [9.17, 15) is 13.2 Å². The van der Waals surface area contributed by atoms with Gasteiger partial charge in [-0.3, -0.25) is 4.79 Å². The molecule has 0 heterocycles. The minimum atomic E-state index is -3.48. The summed E-state index contributed by atoms with van der Waals surface area (Å²) < 4.78 is 27.3. The van der Waals surface area contributed by atoms with Gasteiger partial charge >= 0.3 is 5.97 Å². The van der Waals surface area contributed by atoms with Crippen LogP contribution in [0.15, 0.2) is 29.2 Å². The first kappa shape index (κ1) is 16.0. The van der Waals surface area contributed by atoms with Crippen LogP contribution in [0.4, 0.5) is 0 Å². The van der Waals surface area contributed by atoms with E-state index in [0.717, 1.165) is 24.8 Å². The Labute approximate surface area is 125 Å². The monoisotopic (exact) mass is 311 g/mol. The molecule has 2 rings (SSSR count). The molecule has 1 saturated carbocycles. The van der Waals surface area contributed by atoms with Gasteiger partial charge in [0.2, 0.25) is 10.0 Å². The van der Waals surface area contributed by atoms with Crippen LogP contribution in [-0.2, 0) is 21.2 Å². The van der Waals surface area contributed by atoms with E-state index in [-0.39, 0.29) is 17.4 Å². The molecule has 0 aliphatic heterocycles. The van der Waals surface area contributed by atoms with Crippen LogP contribution in [0, 0.1) is 5.92 Å². The van der Waals surface area contributed by atoms with Gasteiger partial charge in [0.1, 0.15) is 0 Å². The van der Waals surface area contributed by atoms with Crippen LogP contribution in [0.2, 0.25) is 0 Å². The van der Waals surface area contributed by atoms with E-state index < -0.39 is 16.0 Å². The fourth-order valence-corrected chi connectivity index (χ4v) is 3.97. The SMILES string of the molecule is CC1CCC(NS(=O)(=O)c2ccc(CCC(=O)O)cc2)C1. The van der Waals surface area contributed by atoms with Crippen molar-refractivity contribution in [1.82, 2.24) is 4.72 Å². The maximum atomic E-state index is 12.3. The summed E-state index contributed by atoms with van der Waals surface area (Å²) in [7, 11) is -3.48. The van der Waals surface area contributed by atoms with E-state index in [1.165, 1.54) is 12.1 Å². The topological polar surface area (TPSA) is 83.5 Å². The number of benzene rings is 1. The number of nitrogens with one attached hydrogen (secondary N) is 1. The zero-order valence-corrected chi connectivity index (χ0v) is 12.9. The number of sulfonamides is 1. The summed E-state index contributed by atoms with van der Waals surface area (Å²) in [4.78, 5) is 10.7. The molecule has 0 saturated heterocycles. The highest BCUT2D eigenvalue weighted by Gasteiger charge is 2.26. The molecule has 2 atom stereocenters. The normalized spacial score (nSPS) is 22.3. The molecule has 1 aliphatic carbocycles. The van der Waals surface area contributed by atoms with Crippen LogP contribution in [0.5, 0.6) is 0 Å². The van der Waals surface area contributed by atoms with Crippen molar-refractivity contribution in [2.75, 3.05) is 0 Å². The second-order valence-corrected chi connectivity index (χ2v) is 7.49. The molecule has 6 heteroatoms. The first-order chi connectivity index (χ1) is 9.87. The van der Waals surface area contributed by atoms with Crippen LogP contribution in [0.25, 0.3) is 0 Å². The van der Waals surface area contributed by atoms with Gasteiger partial charge < -0.3 is 5.11 Å². The third-order valence-electron chi connectivity index (χ3n) is 3.88. The van der Waals surface area contributed by atoms with Crippen molar-refractivity contribution < 1.29 is 18.3 Å². The summed E-state index contributed by atoms with van der Waals surface area (Å²) in [6, 6.07) is 6.45. The quantitative estimate of drug-likeness (QED) is 0.843. The second-order valence-electron chi connectivity index (χ2n) is 5.77. The summed E-state index contributed by atoms with van der Waals surface area (Å²) in [6.07, 6.45) is 3.28. The predicted octanol–water partition coefficient (Wildman–Crippen LogP) is 2.17. The lowest BCUT2D eigenvalue weighted by molar-refractivity contribution is -0.136. The number of aryl methyl sites for hydroxylation is 1. The number of hydrogen-bond donors (Lipinski definition) is 2. The lowest BCUT2D eigenvalue weighted by atomic mass is 10.1. The largest absolute Gasteiger partial charge is 0.481 e. The van der Waals surface area contributed by atoms with E-state index in [1.807, 2.05) is 0 Å². The second kappa shape index (κ2) is 6.58. The third-order valence-corrected chi connectivity index (χ3v) is 5.41. The average molecular weight is 311 g/mol. The molecular weight excluding hydrogens is 290 g/mol. The molecule has 116 valence electrons. The highest BCUT2D eigenvalue weighted by molar-refractivity contribution is 7.89. The van der Waals surface area contributed by atoms with Crippen molar-refractivity contribution in [3.05, 3.63) is 29.8 Å². The van der Waals surface area contributed by atoms with E-state index in [2.05, 4.69) is 11.6 Å². The molecule has 1 fully saturated rings. The average Bonchev–Trinajstić information content (AvgIpc) is 2.81. The maximum absolute atomic E-state index is 12.3. The molecule has 1 aliphatic rings. The first-order valence-electron chi connectivity index (χ1n) is 7.20. The van der Waals surface area contributed by atoms with Crippen molar-refractivity contribution in [2.24, 2.45) is 5.92 Å². The number of carboxylic acid groups (broad SMARTS) is 1. The van der Waals surface area contributed by atoms with Crippen molar-refractivity contribution in [3.63, 3.8) is 0 Å². The molecule has 0 bridgehead atoms. The highest BCUT2D eigenvalue weighted by Crippen LogP contribution is 2.26. The summed E-state index contributed by atoms with van der Waals surface area (Å²) in [5.74, 6) is -0.292. The molecule has 2 unspecified atom stereocenters. The van der Waals surface area contributed by atoms with Crippen LogP contribution in [0.3, 0.4) is 0 Å². The predicted molar refractivity (Wildman–Crippen MR) is 79.5 cm³/mol. The number of hydrogen-bond acceptors (Lipinski definition) is 3. The van der Waals surface area contributed by atoms with E-state index in [0.29, 0.717) is 12.3 Å². The molecule has 1 aromatic rings.